The highest BCUT2D eigenvalue weighted by molar-refractivity contribution is 5.84. The number of amides is 1. The summed E-state index contributed by atoms with van der Waals surface area (Å²) in [6.45, 7) is 0. The van der Waals surface area contributed by atoms with Crippen LogP contribution in [0.5, 0.6) is 0 Å². The van der Waals surface area contributed by atoms with Gasteiger partial charge in [-0.05, 0) is 6.42 Å². The Kier molecular flexibility index (Phi) is 5.50. The van der Waals surface area contributed by atoms with Crippen molar-refractivity contribution in [3.05, 3.63) is 0 Å². The highest BCUT2D eigenvalue weighted by atomic mass is 16.4. The van der Waals surface area contributed by atoms with Crippen molar-refractivity contribution in [2.45, 2.75) is 32.1 Å². The van der Waals surface area contributed by atoms with Crippen molar-refractivity contribution in [1.29, 1.82) is 0 Å². The number of primary amides is 1. The van der Waals surface area contributed by atoms with E-state index in [2.05, 4.69) is 0 Å². The minimum Gasteiger partial charge on any atom is -0.481 e. The summed E-state index contributed by atoms with van der Waals surface area (Å²) in [7, 11) is 0. The Labute approximate surface area is 75.9 Å². The summed E-state index contributed by atoms with van der Waals surface area (Å²) in [6.07, 6.45) is 0.690. The zero-order valence-electron chi connectivity index (χ0n) is 7.28. The van der Waals surface area contributed by atoms with Crippen LogP contribution in [0.4, 0.5) is 0 Å². The second-order valence-electron chi connectivity index (χ2n) is 2.75. The van der Waals surface area contributed by atoms with Gasteiger partial charge in [0.15, 0.2) is 0 Å². The number of Topliss-reactive ketones (excluding diaryl/α,β-unsaturated/α-hetero) is 1. The van der Waals surface area contributed by atoms with Gasteiger partial charge in [-0.2, -0.15) is 0 Å². The second-order valence-corrected chi connectivity index (χ2v) is 2.75. The Morgan fingerprint density at radius 2 is 1.62 bits per heavy atom. The average Bonchev–Trinajstić information content (AvgIpc) is 2.00. The zero-order chi connectivity index (χ0) is 10.3. The first-order chi connectivity index (χ1) is 6.02. The molecule has 0 aliphatic carbocycles. The smallest absolute Gasteiger partial charge is 0.303 e. The number of carbonyl (C=O) groups excluding carboxylic acids is 2. The molecule has 5 nitrogen and oxygen atoms in total. The zero-order valence-corrected chi connectivity index (χ0v) is 7.28. The van der Waals surface area contributed by atoms with Crippen LogP contribution in [0.25, 0.3) is 0 Å². The van der Waals surface area contributed by atoms with Gasteiger partial charge < -0.3 is 10.8 Å². The molecule has 13 heavy (non-hydrogen) atoms. The summed E-state index contributed by atoms with van der Waals surface area (Å²) in [5, 5.41) is 8.26. The molecule has 0 heterocycles. The van der Waals surface area contributed by atoms with Crippen molar-refractivity contribution >= 4 is 17.7 Å². The van der Waals surface area contributed by atoms with Gasteiger partial charge in [0.2, 0.25) is 5.91 Å². The third kappa shape index (κ3) is 8.52. The van der Waals surface area contributed by atoms with Gasteiger partial charge >= 0.3 is 5.97 Å². The third-order valence-electron chi connectivity index (χ3n) is 1.50. The van der Waals surface area contributed by atoms with Crippen LogP contribution in [0, 0.1) is 0 Å². The molecule has 0 saturated heterocycles. The molecule has 0 aromatic carbocycles. The molecule has 0 fully saturated rings. The Hall–Kier alpha value is -1.39. The average molecular weight is 187 g/mol. The van der Waals surface area contributed by atoms with Gasteiger partial charge in [0.1, 0.15) is 5.78 Å². The van der Waals surface area contributed by atoms with Crippen molar-refractivity contribution in [2.24, 2.45) is 5.73 Å². The molecule has 0 aromatic rings. The summed E-state index contributed by atoms with van der Waals surface area (Å²) >= 11 is 0. The molecule has 0 aliphatic heterocycles. The summed E-state index contributed by atoms with van der Waals surface area (Å²) in [5.41, 5.74) is 4.83. The molecule has 0 saturated carbocycles. The van der Waals surface area contributed by atoms with Crippen LogP contribution in [0.1, 0.15) is 32.1 Å². The van der Waals surface area contributed by atoms with Crippen LogP contribution in [-0.4, -0.2) is 22.8 Å². The quantitative estimate of drug-likeness (QED) is 0.589. The van der Waals surface area contributed by atoms with E-state index < -0.39 is 11.9 Å². The summed E-state index contributed by atoms with van der Waals surface area (Å²) in [6, 6.07) is 0. The molecule has 5 heteroatoms. The van der Waals surface area contributed by atoms with Crippen LogP contribution < -0.4 is 5.73 Å². The van der Waals surface area contributed by atoms with E-state index in [1.54, 1.807) is 0 Å². The van der Waals surface area contributed by atoms with Gasteiger partial charge in [-0.25, -0.2) is 0 Å². The molecule has 0 unspecified atom stereocenters. The third-order valence-corrected chi connectivity index (χ3v) is 1.50. The lowest BCUT2D eigenvalue weighted by Crippen LogP contribution is -2.12. The molecule has 0 aliphatic rings. The first-order valence-electron chi connectivity index (χ1n) is 4.04. The maximum Gasteiger partial charge on any atom is 0.303 e. The number of nitrogens with two attached hydrogens (primary N) is 1. The van der Waals surface area contributed by atoms with Crippen LogP contribution in [0.3, 0.4) is 0 Å². The molecule has 0 rings (SSSR count). The predicted molar refractivity (Wildman–Crippen MR) is 44.9 cm³/mol. The number of hydrogen-bond acceptors (Lipinski definition) is 3. The van der Waals surface area contributed by atoms with Crippen LogP contribution >= 0.6 is 0 Å². The van der Waals surface area contributed by atoms with Gasteiger partial charge in [-0.1, -0.05) is 0 Å². The summed E-state index contributed by atoms with van der Waals surface area (Å²) in [4.78, 5) is 31.3. The van der Waals surface area contributed by atoms with Crippen molar-refractivity contribution in [1.82, 2.24) is 0 Å². The largest absolute Gasteiger partial charge is 0.481 e. The van der Waals surface area contributed by atoms with Crippen molar-refractivity contribution in [3.8, 4) is 0 Å². The number of aliphatic carboxylic acids is 1. The Bertz CT molecular complexity index is 212. The second kappa shape index (κ2) is 6.16. The topological polar surface area (TPSA) is 97.5 Å². The van der Waals surface area contributed by atoms with E-state index in [-0.39, 0.29) is 31.5 Å². The lowest BCUT2D eigenvalue weighted by atomic mass is 10.1. The van der Waals surface area contributed by atoms with Crippen molar-refractivity contribution in [2.75, 3.05) is 0 Å². The molecule has 1 amide bonds. The lowest BCUT2D eigenvalue weighted by molar-refractivity contribution is -0.137. The van der Waals surface area contributed by atoms with Gasteiger partial charge in [0.05, 0.1) is 0 Å². The molecule has 0 spiro atoms. The van der Waals surface area contributed by atoms with Crippen LogP contribution in [0.2, 0.25) is 0 Å². The fourth-order valence-electron chi connectivity index (χ4n) is 0.824. The van der Waals surface area contributed by atoms with E-state index in [0.717, 1.165) is 0 Å². The minimum absolute atomic E-state index is 0.0116. The van der Waals surface area contributed by atoms with Crippen LogP contribution in [-0.2, 0) is 14.4 Å². The lowest BCUT2D eigenvalue weighted by Gasteiger charge is -1.96. The van der Waals surface area contributed by atoms with E-state index in [1.165, 1.54) is 0 Å². The van der Waals surface area contributed by atoms with Crippen molar-refractivity contribution in [3.63, 3.8) is 0 Å². The first kappa shape index (κ1) is 11.6. The number of hydrogen-bond donors (Lipinski definition) is 2. The van der Waals surface area contributed by atoms with Gasteiger partial charge in [0.25, 0.3) is 0 Å². The normalized spacial score (nSPS) is 9.54. The fourth-order valence-corrected chi connectivity index (χ4v) is 0.824. The van der Waals surface area contributed by atoms with Gasteiger partial charge in [0, 0.05) is 25.7 Å². The Morgan fingerprint density at radius 1 is 1.00 bits per heavy atom. The predicted octanol–water partition coefficient (Wildman–Crippen LogP) is 0.0759. The molecular formula is C8H13NO4. The monoisotopic (exact) mass is 187 g/mol. The standard InChI is InChI=1S/C8H13NO4/c9-7(11)5-4-6(10)2-1-3-8(12)13/h1-5H2,(H2,9,11)(H,12,13). The first-order valence-corrected chi connectivity index (χ1v) is 4.04. The van der Waals surface area contributed by atoms with E-state index in [0.29, 0.717) is 6.42 Å². The molecule has 3 N–H and O–H groups in total. The molecule has 0 radical (unpaired) electrons. The maximum absolute atomic E-state index is 10.9. The van der Waals surface area contributed by atoms with E-state index in [9.17, 15) is 14.4 Å². The van der Waals surface area contributed by atoms with E-state index in [1.807, 2.05) is 0 Å². The van der Waals surface area contributed by atoms with Gasteiger partial charge in [-0.15, -0.1) is 0 Å². The summed E-state index contributed by atoms with van der Waals surface area (Å²) in [5.74, 6) is -1.53. The number of carboxylic acids is 1. The number of ketones is 1. The maximum atomic E-state index is 10.9. The number of carboxylic acid groups (broad SMARTS) is 1. The van der Waals surface area contributed by atoms with Crippen molar-refractivity contribution < 1.29 is 19.5 Å². The van der Waals surface area contributed by atoms with E-state index in [4.69, 9.17) is 10.8 Å². The van der Waals surface area contributed by atoms with Gasteiger partial charge in [-0.3, -0.25) is 14.4 Å². The number of rotatable bonds is 7. The SMILES string of the molecule is NC(=O)CCC(=O)CCCC(=O)O. The fraction of sp³-hybridized carbons (Fsp3) is 0.625. The molecule has 0 atom stereocenters. The molecular weight excluding hydrogens is 174 g/mol. The summed E-state index contributed by atoms with van der Waals surface area (Å²) < 4.78 is 0. The highest BCUT2D eigenvalue weighted by Gasteiger charge is 2.05. The Morgan fingerprint density at radius 3 is 2.08 bits per heavy atom. The molecule has 0 bridgehead atoms. The molecule has 74 valence electrons. The highest BCUT2D eigenvalue weighted by Crippen LogP contribution is 2.01. The Balaban J connectivity index is 3.41. The van der Waals surface area contributed by atoms with Crippen LogP contribution in [0.15, 0.2) is 0 Å². The molecule has 0 aromatic heterocycles. The van der Waals surface area contributed by atoms with E-state index >= 15 is 0 Å². The number of carbonyl (C=O) groups is 3. The minimum atomic E-state index is -0.914.